The predicted molar refractivity (Wildman–Crippen MR) is 80.4 cm³/mol. The Labute approximate surface area is 130 Å². The fourth-order valence-corrected chi connectivity index (χ4v) is 3.23. The van der Waals surface area contributed by atoms with E-state index in [1.165, 1.54) is 0 Å². The number of carbonyl (C=O) groups is 1. The molecule has 2 aliphatic heterocycles. The number of carbonyl (C=O) groups excluding carboxylic acids is 1. The highest BCUT2D eigenvalue weighted by Gasteiger charge is 2.39. The van der Waals surface area contributed by atoms with Crippen molar-refractivity contribution in [3.05, 3.63) is 23.8 Å². The lowest BCUT2D eigenvalue weighted by atomic mass is 9.77. The van der Waals surface area contributed by atoms with E-state index >= 15 is 0 Å². The van der Waals surface area contributed by atoms with Crippen LogP contribution in [0.25, 0.3) is 0 Å². The zero-order valence-corrected chi connectivity index (χ0v) is 13.0. The third-order valence-corrected chi connectivity index (χ3v) is 4.51. The Balaban J connectivity index is 1.75. The molecule has 1 amide bonds. The van der Waals surface area contributed by atoms with Gasteiger partial charge in [-0.1, -0.05) is 19.9 Å². The normalized spacial score (nSPS) is 22.2. The van der Waals surface area contributed by atoms with E-state index in [2.05, 4.69) is 19.9 Å². The highest BCUT2D eigenvalue weighted by atomic mass is 16.7. The molecular weight excluding hydrogens is 280 g/mol. The molecule has 0 spiro atoms. The molecule has 0 radical (unpaired) electrons. The minimum Gasteiger partial charge on any atom is -0.454 e. The van der Waals surface area contributed by atoms with Crippen molar-refractivity contribution in [3.8, 4) is 17.6 Å². The summed E-state index contributed by atoms with van der Waals surface area (Å²) in [6.45, 7) is 5.00. The number of benzene rings is 1. The lowest BCUT2D eigenvalue weighted by Crippen LogP contribution is -2.52. The van der Waals surface area contributed by atoms with Gasteiger partial charge in [0.2, 0.25) is 12.7 Å². The van der Waals surface area contributed by atoms with E-state index in [1.54, 1.807) is 4.90 Å². The number of hydrogen-bond acceptors (Lipinski definition) is 4. The van der Waals surface area contributed by atoms with Gasteiger partial charge in [0.15, 0.2) is 11.5 Å². The minimum atomic E-state index is -0.359. The first-order valence-electron chi connectivity index (χ1n) is 7.59. The standard InChI is InChI=1S/C17H20N2O3/c1-17(2)6-3-7-19(15(17)10-18)16(20)9-12-4-5-13-14(8-12)22-11-21-13/h4-5,8,15H,3,6-7,9,11H2,1-2H3. The molecule has 1 atom stereocenters. The zero-order chi connectivity index (χ0) is 15.7. The first-order valence-corrected chi connectivity index (χ1v) is 7.59. The largest absolute Gasteiger partial charge is 0.454 e. The van der Waals surface area contributed by atoms with Gasteiger partial charge in [-0.3, -0.25) is 4.79 Å². The van der Waals surface area contributed by atoms with Crippen molar-refractivity contribution in [3.63, 3.8) is 0 Å². The van der Waals surface area contributed by atoms with E-state index in [1.807, 2.05) is 18.2 Å². The molecule has 22 heavy (non-hydrogen) atoms. The quantitative estimate of drug-likeness (QED) is 0.842. The smallest absolute Gasteiger partial charge is 0.231 e. The molecule has 1 fully saturated rings. The van der Waals surface area contributed by atoms with Crippen molar-refractivity contribution < 1.29 is 14.3 Å². The second-order valence-corrected chi connectivity index (χ2v) is 6.58. The van der Waals surface area contributed by atoms with Gasteiger partial charge in [-0.2, -0.15) is 5.26 Å². The van der Waals surface area contributed by atoms with Crippen LogP contribution in [-0.4, -0.2) is 30.2 Å². The number of nitriles is 1. The average Bonchev–Trinajstić information content (AvgIpc) is 2.93. The molecule has 0 saturated carbocycles. The molecule has 3 rings (SSSR count). The fourth-order valence-electron chi connectivity index (χ4n) is 3.23. The molecule has 0 aliphatic carbocycles. The number of rotatable bonds is 2. The molecule has 0 aromatic heterocycles. The van der Waals surface area contributed by atoms with Gasteiger partial charge in [-0.25, -0.2) is 0 Å². The van der Waals surface area contributed by atoms with Crippen LogP contribution in [0, 0.1) is 16.7 Å². The Kier molecular flexibility index (Phi) is 3.69. The summed E-state index contributed by atoms with van der Waals surface area (Å²) < 4.78 is 10.6. The lowest BCUT2D eigenvalue weighted by molar-refractivity contribution is -0.135. The minimum absolute atomic E-state index is 0.00168. The van der Waals surface area contributed by atoms with Crippen LogP contribution in [0.4, 0.5) is 0 Å². The summed E-state index contributed by atoms with van der Waals surface area (Å²) in [5, 5.41) is 9.46. The van der Waals surface area contributed by atoms with Crippen LogP contribution in [0.2, 0.25) is 0 Å². The fraction of sp³-hybridized carbons (Fsp3) is 0.529. The van der Waals surface area contributed by atoms with Gasteiger partial charge in [0.1, 0.15) is 6.04 Å². The highest BCUT2D eigenvalue weighted by molar-refractivity contribution is 5.80. The van der Waals surface area contributed by atoms with Crippen LogP contribution >= 0.6 is 0 Å². The molecule has 1 aromatic carbocycles. The maximum absolute atomic E-state index is 12.6. The molecule has 1 saturated heterocycles. The molecule has 5 nitrogen and oxygen atoms in total. The number of fused-ring (bicyclic) bond motifs is 1. The maximum Gasteiger partial charge on any atom is 0.231 e. The molecule has 0 N–H and O–H groups in total. The van der Waals surface area contributed by atoms with Crippen LogP contribution in [0.5, 0.6) is 11.5 Å². The summed E-state index contributed by atoms with van der Waals surface area (Å²) in [7, 11) is 0. The second-order valence-electron chi connectivity index (χ2n) is 6.58. The molecular formula is C17H20N2O3. The van der Waals surface area contributed by atoms with Gasteiger partial charge >= 0.3 is 0 Å². The van der Waals surface area contributed by atoms with E-state index in [0.717, 1.165) is 18.4 Å². The van der Waals surface area contributed by atoms with Crippen LogP contribution in [0.3, 0.4) is 0 Å². The topological polar surface area (TPSA) is 62.6 Å². The van der Waals surface area contributed by atoms with Crippen molar-refractivity contribution in [2.75, 3.05) is 13.3 Å². The SMILES string of the molecule is CC1(C)CCCN(C(=O)Cc2ccc3c(c2)OCO3)C1C#N. The average molecular weight is 300 g/mol. The summed E-state index contributed by atoms with van der Waals surface area (Å²) in [6.07, 6.45) is 2.20. The Morgan fingerprint density at radius 2 is 2.18 bits per heavy atom. The van der Waals surface area contributed by atoms with E-state index < -0.39 is 0 Å². The third-order valence-electron chi connectivity index (χ3n) is 4.51. The molecule has 2 heterocycles. The molecule has 1 aromatic rings. The first-order chi connectivity index (χ1) is 10.5. The van der Waals surface area contributed by atoms with Crippen LogP contribution in [0.1, 0.15) is 32.3 Å². The van der Waals surface area contributed by atoms with Gasteiger partial charge in [-0.15, -0.1) is 0 Å². The molecule has 2 aliphatic rings. The number of hydrogen-bond donors (Lipinski definition) is 0. The van der Waals surface area contributed by atoms with Crippen molar-refractivity contribution >= 4 is 5.91 Å². The molecule has 5 heteroatoms. The summed E-state index contributed by atoms with van der Waals surface area (Å²) in [4.78, 5) is 14.4. The zero-order valence-electron chi connectivity index (χ0n) is 13.0. The summed E-state index contributed by atoms with van der Waals surface area (Å²) in [5.74, 6) is 1.39. The molecule has 0 bridgehead atoms. The Bertz CT molecular complexity index is 633. The number of amides is 1. The Morgan fingerprint density at radius 1 is 1.41 bits per heavy atom. The predicted octanol–water partition coefficient (Wildman–Crippen LogP) is 2.50. The van der Waals surface area contributed by atoms with Gasteiger partial charge in [0, 0.05) is 6.54 Å². The van der Waals surface area contributed by atoms with Gasteiger partial charge in [-0.05, 0) is 36.0 Å². The second kappa shape index (κ2) is 5.53. The molecule has 1 unspecified atom stereocenters. The van der Waals surface area contributed by atoms with E-state index in [-0.39, 0.29) is 30.6 Å². The molecule has 116 valence electrons. The van der Waals surface area contributed by atoms with Gasteiger partial charge in [0.05, 0.1) is 12.5 Å². The number of piperidine rings is 1. The number of ether oxygens (including phenoxy) is 2. The van der Waals surface area contributed by atoms with Crippen LogP contribution in [-0.2, 0) is 11.2 Å². The number of likely N-dealkylation sites (tertiary alicyclic amines) is 1. The van der Waals surface area contributed by atoms with Gasteiger partial charge in [0.25, 0.3) is 0 Å². The van der Waals surface area contributed by atoms with E-state index in [4.69, 9.17) is 9.47 Å². The number of nitrogens with zero attached hydrogens (tertiary/aromatic N) is 2. The Morgan fingerprint density at radius 3 is 2.95 bits per heavy atom. The van der Waals surface area contributed by atoms with Crippen molar-refractivity contribution in [1.82, 2.24) is 4.90 Å². The van der Waals surface area contributed by atoms with Crippen molar-refractivity contribution in [2.45, 2.75) is 39.2 Å². The third kappa shape index (κ3) is 2.61. The highest BCUT2D eigenvalue weighted by Crippen LogP contribution is 2.36. The maximum atomic E-state index is 12.6. The lowest BCUT2D eigenvalue weighted by Gasteiger charge is -2.42. The monoisotopic (exact) mass is 300 g/mol. The van der Waals surface area contributed by atoms with Crippen molar-refractivity contribution in [2.24, 2.45) is 5.41 Å². The first kappa shape index (κ1) is 14.7. The van der Waals surface area contributed by atoms with Crippen LogP contribution in [0.15, 0.2) is 18.2 Å². The van der Waals surface area contributed by atoms with Gasteiger partial charge < -0.3 is 14.4 Å². The Hall–Kier alpha value is -2.22. The summed E-state index contributed by atoms with van der Waals surface area (Å²) >= 11 is 0. The summed E-state index contributed by atoms with van der Waals surface area (Å²) in [5.41, 5.74) is 0.728. The van der Waals surface area contributed by atoms with Crippen molar-refractivity contribution in [1.29, 1.82) is 5.26 Å². The van der Waals surface area contributed by atoms with E-state index in [9.17, 15) is 10.1 Å². The summed E-state index contributed by atoms with van der Waals surface area (Å²) in [6, 6.07) is 7.50. The van der Waals surface area contributed by atoms with E-state index in [0.29, 0.717) is 18.0 Å². The van der Waals surface area contributed by atoms with Crippen LogP contribution < -0.4 is 9.47 Å².